The van der Waals surface area contributed by atoms with Crippen LogP contribution in [0.1, 0.15) is 25.1 Å². The fourth-order valence-electron chi connectivity index (χ4n) is 1.64. The van der Waals surface area contributed by atoms with Crippen molar-refractivity contribution in [2.24, 2.45) is 5.41 Å². The van der Waals surface area contributed by atoms with Gasteiger partial charge in [-0.15, -0.1) is 0 Å². The highest BCUT2D eigenvalue weighted by molar-refractivity contribution is 5.76. The molecule has 0 bridgehead atoms. The summed E-state index contributed by atoms with van der Waals surface area (Å²) < 4.78 is 4.75. The van der Waals surface area contributed by atoms with Gasteiger partial charge in [0.1, 0.15) is 0 Å². The van der Waals surface area contributed by atoms with Crippen molar-refractivity contribution in [1.82, 2.24) is 4.98 Å². The smallest absolute Gasteiger partial charge is 0.311 e. The van der Waals surface area contributed by atoms with Gasteiger partial charge >= 0.3 is 5.97 Å². The molecule has 0 unspecified atom stereocenters. The zero-order valence-electron chi connectivity index (χ0n) is 10.6. The van der Waals surface area contributed by atoms with Gasteiger partial charge in [0.15, 0.2) is 0 Å². The molecule has 17 heavy (non-hydrogen) atoms. The third-order valence-corrected chi connectivity index (χ3v) is 2.65. The fourth-order valence-corrected chi connectivity index (χ4v) is 1.64. The van der Waals surface area contributed by atoms with E-state index in [-0.39, 0.29) is 12.6 Å². The summed E-state index contributed by atoms with van der Waals surface area (Å²) in [6, 6.07) is 3.81. The van der Waals surface area contributed by atoms with E-state index in [1.54, 1.807) is 6.20 Å². The summed E-state index contributed by atoms with van der Waals surface area (Å²) in [7, 11) is 1.39. The van der Waals surface area contributed by atoms with E-state index in [9.17, 15) is 4.79 Å². The molecule has 4 nitrogen and oxygen atoms in total. The van der Waals surface area contributed by atoms with Crippen molar-refractivity contribution >= 4 is 5.97 Å². The minimum Gasteiger partial charge on any atom is -0.469 e. The number of methoxy groups -OCH3 is 1. The van der Waals surface area contributed by atoms with Crippen LogP contribution >= 0.6 is 0 Å². The van der Waals surface area contributed by atoms with E-state index < -0.39 is 5.41 Å². The molecule has 0 fully saturated rings. The Bertz CT molecular complexity index is 371. The van der Waals surface area contributed by atoms with Crippen LogP contribution in [-0.2, 0) is 22.4 Å². The third-order valence-electron chi connectivity index (χ3n) is 2.65. The molecule has 0 aliphatic carbocycles. The van der Waals surface area contributed by atoms with Crippen LogP contribution in [0.2, 0.25) is 0 Å². The predicted molar refractivity (Wildman–Crippen MR) is 64.5 cm³/mol. The van der Waals surface area contributed by atoms with Gasteiger partial charge in [0.2, 0.25) is 0 Å². The average molecular weight is 237 g/mol. The number of hydrogen-bond donors (Lipinski definition) is 1. The summed E-state index contributed by atoms with van der Waals surface area (Å²) in [6.07, 6.45) is 2.88. The minimum absolute atomic E-state index is 0.120. The van der Waals surface area contributed by atoms with Gasteiger partial charge in [-0.3, -0.25) is 9.78 Å². The Morgan fingerprint density at radius 1 is 1.47 bits per heavy atom. The lowest BCUT2D eigenvalue weighted by atomic mass is 9.87. The molecule has 1 aromatic rings. The number of aliphatic hydroxyl groups is 1. The molecule has 0 atom stereocenters. The third kappa shape index (κ3) is 3.82. The lowest BCUT2D eigenvalue weighted by Gasteiger charge is -2.20. The fraction of sp³-hybridized carbons (Fsp3) is 0.538. The Morgan fingerprint density at radius 3 is 2.65 bits per heavy atom. The summed E-state index contributed by atoms with van der Waals surface area (Å²) in [4.78, 5) is 15.8. The van der Waals surface area contributed by atoms with Gasteiger partial charge in [-0.25, -0.2) is 0 Å². The number of rotatable bonds is 5. The molecule has 0 aromatic carbocycles. The molecule has 0 aliphatic rings. The van der Waals surface area contributed by atoms with E-state index in [0.29, 0.717) is 12.8 Å². The maximum Gasteiger partial charge on any atom is 0.311 e. The molecule has 0 saturated heterocycles. The van der Waals surface area contributed by atoms with Crippen LogP contribution in [0.15, 0.2) is 18.3 Å². The van der Waals surface area contributed by atoms with Crippen LogP contribution in [0.5, 0.6) is 0 Å². The van der Waals surface area contributed by atoms with E-state index in [1.165, 1.54) is 7.11 Å². The summed E-state index contributed by atoms with van der Waals surface area (Å²) >= 11 is 0. The van der Waals surface area contributed by atoms with E-state index in [4.69, 9.17) is 9.84 Å². The number of aromatic nitrogens is 1. The van der Waals surface area contributed by atoms with Crippen molar-refractivity contribution in [3.8, 4) is 0 Å². The van der Waals surface area contributed by atoms with Crippen molar-refractivity contribution in [3.63, 3.8) is 0 Å². The van der Waals surface area contributed by atoms with Gasteiger partial charge in [-0.1, -0.05) is 6.07 Å². The highest BCUT2D eigenvalue weighted by Gasteiger charge is 2.29. The number of carbonyl (C=O) groups is 1. The van der Waals surface area contributed by atoms with Crippen molar-refractivity contribution in [2.45, 2.75) is 26.7 Å². The van der Waals surface area contributed by atoms with Gasteiger partial charge in [-0.2, -0.15) is 0 Å². The number of carbonyl (C=O) groups excluding carboxylic acids is 1. The highest BCUT2D eigenvalue weighted by Crippen LogP contribution is 2.22. The number of ether oxygens (including phenoxy) is 1. The number of nitrogens with zero attached hydrogens (tertiary/aromatic N) is 1. The molecule has 0 radical (unpaired) electrons. The molecule has 0 amide bonds. The Hall–Kier alpha value is -1.42. The molecule has 1 N–H and O–H groups in total. The molecule has 0 saturated carbocycles. The molecule has 0 spiro atoms. The van der Waals surface area contributed by atoms with Crippen molar-refractivity contribution in [3.05, 3.63) is 29.6 Å². The van der Waals surface area contributed by atoms with Crippen LogP contribution in [0.25, 0.3) is 0 Å². The van der Waals surface area contributed by atoms with E-state index in [0.717, 1.165) is 11.3 Å². The first-order valence-electron chi connectivity index (χ1n) is 5.62. The maximum atomic E-state index is 11.5. The van der Waals surface area contributed by atoms with E-state index in [1.807, 2.05) is 26.0 Å². The molecular weight excluding hydrogens is 218 g/mol. The second kappa shape index (κ2) is 5.77. The van der Waals surface area contributed by atoms with Gasteiger partial charge in [-0.05, 0) is 31.9 Å². The normalized spacial score (nSPS) is 11.3. The van der Waals surface area contributed by atoms with Crippen LogP contribution < -0.4 is 0 Å². The summed E-state index contributed by atoms with van der Waals surface area (Å²) in [5.74, 6) is -0.237. The monoisotopic (exact) mass is 237 g/mol. The molecule has 4 heteroatoms. The first-order valence-corrected chi connectivity index (χ1v) is 5.62. The van der Waals surface area contributed by atoms with Gasteiger partial charge < -0.3 is 9.84 Å². The van der Waals surface area contributed by atoms with Crippen molar-refractivity contribution < 1.29 is 14.6 Å². The number of aliphatic hydroxyl groups excluding tert-OH is 1. The highest BCUT2D eigenvalue weighted by atomic mass is 16.5. The SMILES string of the molecule is COC(=O)C(C)(C)Cc1ccc(CCO)cn1. The number of pyridine rings is 1. The van der Waals surface area contributed by atoms with Gasteiger partial charge in [0.05, 0.1) is 12.5 Å². The van der Waals surface area contributed by atoms with Crippen LogP contribution in [0, 0.1) is 5.41 Å². The first-order chi connectivity index (χ1) is 7.99. The molecule has 94 valence electrons. The van der Waals surface area contributed by atoms with E-state index in [2.05, 4.69) is 4.98 Å². The van der Waals surface area contributed by atoms with E-state index >= 15 is 0 Å². The largest absolute Gasteiger partial charge is 0.469 e. The van der Waals surface area contributed by atoms with Crippen LogP contribution in [-0.4, -0.2) is 29.8 Å². The minimum atomic E-state index is -0.569. The standard InChI is InChI=1S/C13H19NO3/c1-13(2,12(16)17-3)8-11-5-4-10(6-7-15)9-14-11/h4-5,9,15H,6-8H2,1-3H3. The zero-order valence-corrected chi connectivity index (χ0v) is 10.6. The lowest BCUT2D eigenvalue weighted by Crippen LogP contribution is -2.28. The molecule has 1 heterocycles. The average Bonchev–Trinajstić information content (AvgIpc) is 2.30. The van der Waals surface area contributed by atoms with Gasteiger partial charge in [0, 0.05) is 24.9 Å². The Morgan fingerprint density at radius 2 is 2.18 bits per heavy atom. The number of hydrogen-bond acceptors (Lipinski definition) is 4. The molecule has 0 aliphatic heterocycles. The second-order valence-corrected chi connectivity index (χ2v) is 4.68. The molecular formula is C13H19NO3. The Labute approximate surface area is 102 Å². The maximum absolute atomic E-state index is 11.5. The Balaban J connectivity index is 2.71. The van der Waals surface area contributed by atoms with Crippen LogP contribution in [0.4, 0.5) is 0 Å². The summed E-state index contributed by atoms with van der Waals surface area (Å²) in [6.45, 7) is 3.79. The summed E-state index contributed by atoms with van der Waals surface area (Å²) in [5, 5.41) is 8.79. The number of esters is 1. The Kier molecular flexibility index (Phi) is 4.63. The lowest BCUT2D eigenvalue weighted by molar-refractivity contribution is -0.150. The predicted octanol–water partition coefficient (Wildman–Crippen LogP) is 1.36. The van der Waals surface area contributed by atoms with Crippen LogP contribution in [0.3, 0.4) is 0 Å². The first kappa shape index (κ1) is 13.6. The van der Waals surface area contributed by atoms with Crippen molar-refractivity contribution in [1.29, 1.82) is 0 Å². The quantitative estimate of drug-likeness (QED) is 0.785. The summed E-state index contributed by atoms with van der Waals surface area (Å²) in [5.41, 5.74) is 1.27. The van der Waals surface area contributed by atoms with Crippen molar-refractivity contribution in [2.75, 3.05) is 13.7 Å². The zero-order chi connectivity index (χ0) is 12.9. The molecule has 1 rings (SSSR count). The van der Waals surface area contributed by atoms with Gasteiger partial charge in [0.25, 0.3) is 0 Å². The topological polar surface area (TPSA) is 59.4 Å². The second-order valence-electron chi connectivity index (χ2n) is 4.68. The molecule has 1 aromatic heterocycles.